The highest BCUT2D eigenvalue weighted by molar-refractivity contribution is 6.37. The van der Waals surface area contributed by atoms with Crippen LogP contribution in [-0.4, -0.2) is 9.97 Å². The maximum absolute atomic E-state index is 13.3. The normalized spacial score (nSPS) is 10.9. The zero-order valence-electron chi connectivity index (χ0n) is 10.9. The van der Waals surface area contributed by atoms with Gasteiger partial charge in [-0.3, -0.25) is 0 Å². The zero-order chi connectivity index (χ0) is 15.0. The van der Waals surface area contributed by atoms with E-state index < -0.39 is 0 Å². The van der Waals surface area contributed by atoms with E-state index in [4.69, 9.17) is 27.6 Å². The maximum Gasteiger partial charge on any atom is 0.166 e. The van der Waals surface area contributed by atoms with Crippen molar-refractivity contribution in [3.05, 3.63) is 58.5 Å². The molecule has 3 nitrogen and oxygen atoms in total. The third kappa shape index (κ3) is 2.64. The SMILES string of the molecule is Cc1occc1-c1nc(Cl)c(-c2cccc(F)c2)c(Cl)n1. The van der Waals surface area contributed by atoms with Crippen LogP contribution in [0, 0.1) is 12.7 Å². The van der Waals surface area contributed by atoms with Crippen molar-refractivity contribution in [3.63, 3.8) is 0 Å². The molecule has 0 radical (unpaired) electrons. The largest absolute Gasteiger partial charge is 0.469 e. The van der Waals surface area contributed by atoms with Gasteiger partial charge in [0.15, 0.2) is 5.82 Å². The Hall–Kier alpha value is -1.91. The van der Waals surface area contributed by atoms with Crippen LogP contribution < -0.4 is 0 Å². The van der Waals surface area contributed by atoms with E-state index in [9.17, 15) is 4.39 Å². The monoisotopic (exact) mass is 322 g/mol. The predicted octanol–water partition coefficient (Wildman–Crippen LogP) is 5.16. The number of benzene rings is 1. The first kappa shape index (κ1) is 14.0. The lowest BCUT2D eigenvalue weighted by Crippen LogP contribution is -1.95. The van der Waals surface area contributed by atoms with Gasteiger partial charge in [-0.2, -0.15) is 0 Å². The molecule has 21 heavy (non-hydrogen) atoms. The topological polar surface area (TPSA) is 38.9 Å². The second kappa shape index (κ2) is 5.47. The third-order valence-corrected chi connectivity index (χ3v) is 3.58. The molecule has 0 aliphatic carbocycles. The third-order valence-electron chi connectivity index (χ3n) is 3.03. The molecule has 1 aromatic carbocycles. The Morgan fingerprint density at radius 1 is 1.10 bits per heavy atom. The van der Waals surface area contributed by atoms with Crippen LogP contribution in [0.25, 0.3) is 22.5 Å². The van der Waals surface area contributed by atoms with Crippen molar-refractivity contribution in [2.75, 3.05) is 0 Å². The first-order valence-electron chi connectivity index (χ1n) is 6.09. The van der Waals surface area contributed by atoms with Gasteiger partial charge in [-0.05, 0) is 30.7 Å². The molecule has 2 aromatic heterocycles. The first-order valence-corrected chi connectivity index (χ1v) is 6.85. The van der Waals surface area contributed by atoms with E-state index in [1.807, 2.05) is 0 Å². The van der Waals surface area contributed by atoms with Crippen molar-refractivity contribution in [2.45, 2.75) is 6.92 Å². The highest BCUT2D eigenvalue weighted by atomic mass is 35.5. The van der Waals surface area contributed by atoms with E-state index in [-0.39, 0.29) is 16.1 Å². The van der Waals surface area contributed by atoms with Crippen molar-refractivity contribution in [3.8, 4) is 22.5 Å². The molecular weight excluding hydrogens is 314 g/mol. The van der Waals surface area contributed by atoms with E-state index >= 15 is 0 Å². The number of hydrogen-bond donors (Lipinski definition) is 0. The summed E-state index contributed by atoms with van der Waals surface area (Å²) in [6.45, 7) is 1.79. The van der Waals surface area contributed by atoms with Crippen LogP contribution in [0.1, 0.15) is 5.76 Å². The average molecular weight is 323 g/mol. The fourth-order valence-electron chi connectivity index (χ4n) is 2.03. The Balaban J connectivity index is 2.15. The summed E-state index contributed by atoms with van der Waals surface area (Å²) in [5.74, 6) is 0.659. The summed E-state index contributed by atoms with van der Waals surface area (Å²) in [4.78, 5) is 8.46. The zero-order valence-corrected chi connectivity index (χ0v) is 12.4. The summed E-state index contributed by atoms with van der Waals surface area (Å²) in [5.41, 5.74) is 1.65. The van der Waals surface area contributed by atoms with E-state index in [2.05, 4.69) is 9.97 Å². The molecule has 0 aliphatic heterocycles. The number of hydrogen-bond acceptors (Lipinski definition) is 3. The highest BCUT2D eigenvalue weighted by Gasteiger charge is 2.17. The van der Waals surface area contributed by atoms with Crippen LogP contribution in [0.4, 0.5) is 4.39 Å². The molecule has 106 valence electrons. The Labute approximate surface area is 130 Å². The van der Waals surface area contributed by atoms with Gasteiger partial charge in [0, 0.05) is 0 Å². The van der Waals surface area contributed by atoms with Gasteiger partial charge >= 0.3 is 0 Å². The Morgan fingerprint density at radius 3 is 2.38 bits per heavy atom. The number of halogens is 3. The van der Waals surface area contributed by atoms with Crippen LogP contribution >= 0.6 is 23.2 Å². The minimum Gasteiger partial charge on any atom is -0.469 e. The second-order valence-corrected chi connectivity index (χ2v) is 5.12. The van der Waals surface area contributed by atoms with Crippen LogP contribution in [-0.2, 0) is 0 Å². The molecule has 0 unspecified atom stereocenters. The summed E-state index contributed by atoms with van der Waals surface area (Å²) in [7, 11) is 0. The van der Waals surface area contributed by atoms with Gasteiger partial charge in [-0.15, -0.1) is 0 Å². The fourth-order valence-corrected chi connectivity index (χ4v) is 2.63. The molecule has 0 atom stereocenters. The maximum atomic E-state index is 13.3. The summed E-state index contributed by atoms with van der Waals surface area (Å²) < 4.78 is 18.5. The summed E-state index contributed by atoms with van der Waals surface area (Å²) in [5, 5.41) is 0.326. The average Bonchev–Trinajstić information content (AvgIpc) is 2.84. The quantitative estimate of drug-likeness (QED) is 0.612. The molecule has 0 saturated carbocycles. The summed E-state index contributed by atoms with van der Waals surface area (Å²) in [6, 6.07) is 7.68. The van der Waals surface area contributed by atoms with Crippen molar-refractivity contribution in [2.24, 2.45) is 0 Å². The van der Waals surface area contributed by atoms with Gasteiger partial charge < -0.3 is 4.42 Å². The van der Waals surface area contributed by atoms with Crippen molar-refractivity contribution < 1.29 is 8.81 Å². The number of rotatable bonds is 2. The summed E-state index contributed by atoms with van der Waals surface area (Å²) in [6.07, 6.45) is 1.54. The first-order chi connectivity index (χ1) is 10.1. The number of nitrogens with zero attached hydrogens (tertiary/aromatic N) is 2. The smallest absolute Gasteiger partial charge is 0.166 e. The molecule has 0 aliphatic rings. The number of aryl methyl sites for hydroxylation is 1. The van der Waals surface area contributed by atoms with Crippen molar-refractivity contribution >= 4 is 23.2 Å². The lowest BCUT2D eigenvalue weighted by molar-refractivity contribution is 0.535. The predicted molar refractivity (Wildman–Crippen MR) is 79.9 cm³/mol. The lowest BCUT2D eigenvalue weighted by atomic mass is 10.1. The number of aromatic nitrogens is 2. The van der Waals surface area contributed by atoms with Gasteiger partial charge in [-0.1, -0.05) is 35.3 Å². The number of furan rings is 1. The molecule has 0 amide bonds. The van der Waals surface area contributed by atoms with Gasteiger partial charge in [0.1, 0.15) is 21.9 Å². The van der Waals surface area contributed by atoms with Crippen LogP contribution in [0.15, 0.2) is 41.0 Å². The molecule has 6 heteroatoms. The highest BCUT2D eigenvalue weighted by Crippen LogP contribution is 2.35. The molecule has 3 rings (SSSR count). The molecule has 0 fully saturated rings. The fraction of sp³-hybridized carbons (Fsp3) is 0.0667. The van der Waals surface area contributed by atoms with E-state index in [0.29, 0.717) is 28.3 Å². The summed E-state index contributed by atoms with van der Waals surface area (Å²) >= 11 is 12.4. The molecule has 0 saturated heterocycles. The van der Waals surface area contributed by atoms with Gasteiger partial charge in [0.25, 0.3) is 0 Å². The minimum absolute atomic E-state index is 0.163. The second-order valence-electron chi connectivity index (χ2n) is 4.40. The van der Waals surface area contributed by atoms with Crippen molar-refractivity contribution in [1.82, 2.24) is 9.97 Å². The Kier molecular flexibility index (Phi) is 3.66. The lowest BCUT2D eigenvalue weighted by Gasteiger charge is -2.08. The molecular formula is C15H9Cl2FN2O. The van der Waals surface area contributed by atoms with Crippen molar-refractivity contribution in [1.29, 1.82) is 0 Å². The Bertz CT molecular complexity index is 794. The molecule has 0 N–H and O–H groups in total. The standard InChI is InChI=1S/C15H9Cl2FN2O/c1-8-11(5-6-21-8)15-19-13(16)12(14(17)20-15)9-3-2-4-10(18)7-9/h2-7H,1H3. The van der Waals surface area contributed by atoms with Crippen LogP contribution in [0.3, 0.4) is 0 Å². The van der Waals surface area contributed by atoms with Gasteiger partial charge in [-0.25, -0.2) is 14.4 Å². The van der Waals surface area contributed by atoms with Gasteiger partial charge in [0.2, 0.25) is 0 Å². The van der Waals surface area contributed by atoms with E-state index in [0.717, 1.165) is 0 Å². The molecule has 2 heterocycles. The molecule has 3 aromatic rings. The van der Waals surface area contributed by atoms with E-state index in [1.54, 1.807) is 25.1 Å². The van der Waals surface area contributed by atoms with Crippen LogP contribution in [0.5, 0.6) is 0 Å². The van der Waals surface area contributed by atoms with E-state index in [1.165, 1.54) is 18.4 Å². The minimum atomic E-state index is -0.380. The van der Waals surface area contributed by atoms with Crippen LogP contribution in [0.2, 0.25) is 10.3 Å². The van der Waals surface area contributed by atoms with Gasteiger partial charge in [0.05, 0.1) is 17.4 Å². The molecule has 0 spiro atoms. The Morgan fingerprint density at radius 2 is 1.81 bits per heavy atom. The molecule has 0 bridgehead atoms.